The number of amides is 1. The minimum Gasteiger partial charge on any atom is -0.382 e. The zero-order valence-electron chi connectivity index (χ0n) is 25.3. The smallest absolute Gasteiger partial charge is 0.239 e. The Morgan fingerprint density at radius 1 is 0.833 bits per heavy atom. The topological polar surface area (TPSA) is 91.0 Å². The van der Waals surface area contributed by atoms with Gasteiger partial charge in [0.1, 0.15) is 0 Å². The maximum Gasteiger partial charge on any atom is 0.239 e. The number of para-hydroxylation sites is 1. The van der Waals surface area contributed by atoms with Crippen LogP contribution in [-0.4, -0.2) is 123 Å². The molecule has 2 aromatic carbocycles. The van der Waals surface area contributed by atoms with Crippen LogP contribution in [0.1, 0.15) is 18.0 Å². The number of nitrogens with zero attached hydrogens (tertiary/aromatic N) is 2. The Morgan fingerprint density at radius 2 is 1.38 bits per heavy atom. The second-order valence-corrected chi connectivity index (χ2v) is 10.0. The van der Waals surface area contributed by atoms with E-state index in [1.807, 2.05) is 24.3 Å². The summed E-state index contributed by atoms with van der Waals surface area (Å²) in [6, 6.07) is 20.6. The number of methoxy groups -OCH3 is 1. The van der Waals surface area contributed by atoms with E-state index in [1.165, 1.54) is 5.56 Å². The van der Waals surface area contributed by atoms with Gasteiger partial charge in [-0.2, -0.15) is 0 Å². The number of hydrogen-bond acceptors (Lipinski definition) is 9. The molecule has 1 fully saturated rings. The Balaban J connectivity index is 1.34. The van der Waals surface area contributed by atoms with Crippen LogP contribution >= 0.6 is 0 Å². The largest absolute Gasteiger partial charge is 0.382 e. The molecule has 3 rings (SSSR count). The first-order chi connectivity index (χ1) is 20.7. The molecule has 0 aromatic heterocycles. The molecule has 1 aliphatic heterocycles. The van der Waals surface area contributed by atoms with E-state index in [-0.39, 0.29) is 24.6 Å². The summed E-state index contributed by atoms with van der Waals surface area (Å²) in [7, 11) is 3.33. The first-order valence-corrected chi connectivity index (χ1v) is 14.9. The molecule has 10 heteroatoms. The average Bonchev–Trinajstić information content (AvgIpc) is 3.48. The summed E-state index contributed by atoms with van der Waals surface area (Å²) in [6.45, 7) is 8.39. The van der Waals surface area contributed by atoms with Crippen LogP contribution in [0.15, 0.2) is 60.7 Å². The summed E-state index contributed by atoms with van der Waals surface area (Å²) in [5.74, 6) is -0.0133. The molecule has 1 heterocycles. The van der Waals surface area contributed by atoms with Crippen molar-refractivity contribution in [3.8, 4) is 0 Å². The third-order valence-corrected chi connectivity index (χ3v) is 7.03. The summed E-state index contributed by atoms with van der Waals surface area (Å²) in [5, 5.41) is 2.79. The van der Waals surface area contributed by atoms with Crippen molar-refractivity contribution < 1.29 is 33.2 Å². The lowest BCUT2D eigenvalue weighted by atomic mass is 10.0. The molecule has 1 N–H and O–H groups in total. The van der Waals surface area contributed by atoms with Gasteiger partial charge < -0.3 is 38.6 Å². The van der Waals surface area contributed by atoms with E-state index in [2.05, 4.69) is 51.5 Å². The van der Waals surface area contributed by atoms with Crippen molar-refractivity contribution in [3.05, 3.63) is 66.2 Å². The predicted octanol–water partition coefficient (Wildman–Crippen LogP) is 2.78. The normalized spacial score (nSPS) is 16.0. The Hall–Kier alpha value is -2.57. The number of hydrogen-bond donors (Lipinski definition) is 1. The van der Waals surface area contributed by atoms with Crippen molar-refractivity contribution in [2.75, 3.05) is 111 Å². The zero-order chi connectivity index (χ0) is 29.7. The molecular formula is C32H49N3O7. The molecule has 0 radical (unpaired) electrons. The van der Waals surface area contributed by atoms with Gasteiger partial charge in [-0.1, -0.05) is 48.5 Å². The highest BCUT2D eigenvalue weighted by molar-refractivity contribution is 5.81. The second-order valence-electron chi connectivity index (χ2n) is 10.0. The van der Waals surface area contributed by atoms with E-state index in [4.69, 9.17) is 28.4 Å². The molecule has 0 unspecified atom stereocenters. The van der Waals surface area contributed by atoms with E-state index in [0.29, 0.717) is 66.1 Å². The summed E-state index contributed by atoms with van der Waals surface area (Å²) < 4.78 is 33.1. The van der Waals surface area contributed by atoms with Gasteiger partial charge in [-0.15, -0.1) is 0 Å². The quantitative estimate of drug-likeness (QED) is 0.197. The maximum absolute atomic E-state index is 12.5. The van der Waals surface area contributed by atoms with E-state index < -0.39 is 0 Å². The molecule has 1 saturated heterocycles. The third kappa shape index (κ3) is 13.2. The van der Waals surface area contributed by atoms with Gasteiger partial charge in [0, 0.05) is 39.5 Å². The van der Waals surface area contributed by atoms with E-state index in [1.54, 1.807) is 14.2 Å². The number of anilines is 1. The molecule has 0 spiro atoms. The van der Waals surface area contributed by atoms with Crippen molar-refractivity contribution in [1.82, 2.24) is 10.2 Å². The van der Waals surface area contributed by atoms with Crippen molar-refractivity contribution in [3.63, 3.8) is 0 Å². The van der Waals surface area contributed by atoms with Crippen LogP contribution in [0.5, 0.6) is 0 Å². The van der Waals surface area contributed by atoms with E-state index in [9.17, 15) is 4.79 Å². The minimum absolute atomic E-state index is 0.0133. The predicted molar refractivity (Wildman–Crippen MR) is 163 cm³/mol. The second kappa shape index (κ2) is 21.2. The van der Waals surface area contributed by atoms with Gasteiger partial charge in [-0.3, -0.25) is 9.69 Å². The number of carbonyl (C=O) groups is 1. The van der Waals surface area contributed by atoms with Crippen LogP contribution in [0.25, 0.3) is 0 Å². The van der Waals surface area contributed by atoms with Gasteiger partial charge in [-0.05, 0) is 24.1 Å². The number of nitrogens with one attached hydrogen (secondary N) is 1. The van der Waals surface area contributed by atoms with Crippen LogP contribution < -0.4 is 10.2 Å². The molecule has 2 aromatic rings. The third-order valence-electron chi connectivity index (χ3n) is 7.03. The highest BCUT2D eigenvalue weighted by Gasteiger charge is 2.29. The van der Waals surface area contributed by atoms with Gasteiger partial charge in [-0.25, -0.2) is 0 Å². The van der Waals surface area contributed by atoms with Gasteiger partial charge in [0.15, 0.2) is 0 Å². The molecule has 234 valence electrons. The van der Waals surface area contributed by atoms with Crippen molar-refractivity contribution in [2.45, 2.75) is 18.6 Å². The van der Waals surface area contributed by atoms with Crippen LogP contribution in [-0.2, 0) is 33.2 Å². The lowest BCUT2D eigenvalue weighted by Crippen LogP contribution is -2.43. The maximum atomic E-state index is 12.5. The SMILES string of the molecule is CNC(=O)CN(c1ccccc1)[C@H](CN1CC[C@H](OCCOCCOCCOCCOCCOC)C1)c1ccccc1. The van der Waals surface area contributed by atoms with Gasteiger partial charge in [0.05, 0.1) is 84.8 Å². The summed E-state index contributed by atoms with van der Waals surface area (Å²) in [4.78, 5) is 17.2. The number of carbonyl (C=O) groups excluding carboxylic acids is 1. The first-order valence-electron chi connectivity index (χ1n) is 14.9. The molecule has 1 aliphatic rings. The standard InChI is InChI=1S/C32H49N3O7/c1-33-32(36)27-35(29-11-7-4-8-12-29)31(28-9-5-3-6-10-28)26-34-14-13-30(25-34)42-24-23-41-22-21-40-20-19-39-18-17-38-16-15-37-2/h3-12,30-31H,13-27H2,1-2H3,(H,33,36)/t30-,31+/m0/s1. The Kier molecular flexibility index (Phi) is 17.1. The van der Waals surface area contributed by atoms with Crippen LogP contribution in [0.3, 0.4) is 0 Å². The highest BCUT2D eigenvalue weighted by atomic mass is 16.6. The molecule has 1 amide bonds. The number of likely N-dealkylation sites (N-methyl/N-ethyl adjacent to an activating group) is 1. The Morgan fingerprint density at radius 3 is 1.95 bits per heavy atom. The van der Waals surface area contributed by atoms with Crippen LogP contribution in [0.4, 0.5) is 5.69 Å². The number of rotatable bonds is 23. The number of likely N-dealkylation sites (tertiary alicyclic amines) is 1. The Labute approximate surface area is 251 Å². The number of ether oxygens (including phenoxy) is 6. The van der Waals surface area contributed by atoms with Gasteiger partial charge >= 0.3 is 0 Å². The minimum atomic E-state index is -0.0133. The molecule has 10 nitrogen and oxygen atoms in total. The summed E-state index contributed by atoms with van der Waals surface area (Å²) in [5.41, 5.74) is 2.21. The average molecular weight is 588 g/mol. The molecule has 42 heavy (non-hydrogen) atoms. The number of benzene rings is 2. The Bertz CT molecular complexity index is 954. The van der Waals surface area contributed by atoms with Crippen LogP contribution in [0.2, 0.25) is 0 Å². The lowest BCUT2D eigenvalue weighted by Gasteiger charge is -2.36. The van der Waals surface area contributed by atoms with E-state index >= 15 is 0 Å². The highest BCUT2D eigenvalue weighted by Crippen LogP contribution is 2.29. The van der Waals surface area contributed by atoms with E-state index in [0.717, 1.165) is 31.7 Å². The zero-order valence-corrected chi connectivity index (χ0v) is 25.3. The monoisotopic (exact) mass is 587 g/mol. The van der Waals surface area contributed by atoms with Gasteiger partial charge in [0.25, 0.3) is 0 Å². The van der Waals surface area contributed by atoms with Crippen molar-refractivity contribution >= 4 is 11.6 Å². The summed E-state index contributed by atoms with van der Waals surface area (Å²) >= 11 is 0. The van der Waals surface area contributed by atoms with Gasteiger partial charge in [0.2, 0.25) is 5.91 Å². The lowest BCUT2D eigenvalue weighted by molar-refractivity contribution is -0.119. The fourth-order valence-corrected chi connectivity index (χ4v) is 4.82. The molecule has 2 atom stereocenters. The first kappa shape index (κ1) is 33.9. The van der Waals surface area contributed by atoms with Crippen molar-refractivity contribution in [2.24, 2.45) is 0 Å². The van der Waals surface area contributed by atoms with Crippen LogP contribution in [0, 0.1) is 0 Å². The summed E-state index contributed by atoms with van der Waals surface area (Å²) in [6.07, 6.45) is 1.14. The molecular weight excluding hydrogens is 538 g/mol. The molecule has 0 saturated carbocycles. The molecule has 0 aliphatic carbocycles. The fraction of sp³-hybridized carbons (Fsp3) is 0.594. The molecule has 0 bridgehead atoms. The fourth-order valence-electron chi connectivity index (χ4n) is 4.82. The van der Waals surface area contributed by atoms with Crippen molar-refractivity contribution in [1.29, 1.82) is 0 Å².